The molecular weight excluding hydrogens is 322 g/mol. The molecule has 0 bridgehead atoms. The second kappa shape index (κ2) is 6.43. The van der Waals surface area contributed by atoms with Crippen LogP contribution >= 0.6 is 34.5 Å². The molecular formula is C13H11Cl2FN2OS. The molecule has 0 aliphatic heterocycles. The maximum Gasteiger partial charge on any atom is 0.319 e. The van der Waals surface area contributed by atoms with E-state index in [0.717, 1.165) is 4.88 Å². The second-order valence-electron chi connectivity index (χ2n) is 4.09. The Morgan fingerprint density at radius 1 is 1.30 bits per heavy atom. The fourth-order valence-corrected chi connectivity index (χ4v) is 2.81. The van der Waals surface area contributed by atoms with E-state index >= 15 is 0 Å². The minimum absolute atomic E-state index is 0.0408. The highest BCUT2D eigenvalue weighted by Gasteiger charge is 2.12. The molecule has 0 saturated heterocycles. The van der Waals surface area contributed by atoms with E-state index in [9.17, 15) is 9.18 Å². The second-order valence-corrected chi connectivity index (χ2v) is 6.24. The van der Waals surface area contributed by atoms with Gasteiger partial charge in [0, 0.05) is 10.6 Å². The molecule has 0 spiro atoms. The quantitative estimate of drug-likeness (QED) is 0.808. The van der Waals surface area contributed by atoms with Crippen LogP contribution in [0, 0.1) is 5.82 Å². The van der Waals surface area contributed by atoms with E-state index in [-0.39, 0.29) is 11.1 Å². The van der Waals surface area contributed by atoms with Crippen molar-refractivity contribution < 1.29 is 9.18 Å². The number of benzene rings is 1. The van der Waals surface area contributed by atoms with Crippen molar-refractivity contribution in [2.75, 3.05) is 5.32 Å². The Labute approximate surface area is 129 Å². The van der Waals surface area contributed by atoms with Crippen LogP contribution < -0.4 is 10.6 Å². The highest BCUT2D eigenvalue weighted by atomic mass is 35.5. The van der Waals surface area contributed by atoms with Crippen molar-refractivity contribution in [1.82, 2.24) is 5.32 Å². The van der Waals surface area contributed by atoms with E-state index < -0.39 is 11.8 Å². The SMILES string of the molecule is C[C@@H](NC(=O)Nc1ccc(F)c(Cl)c1)c1ccc(Cl)s1. The molecule has 3 nitrogen and oxygen atoms in total. The number of hydrogen-bond donors (Lipinski definition) is 2. The van der Waals surface area contributed by atoms with Gasteiger partial charge < -0.3 is 10.6 Å². The van der Waals surface area contributed by atoms with E-state index in [2.05, 4.69) is 10.6 Å². The van der Waals surface area contributed by atoms with Gasteiger partial charge in [0.05, 0.1) is 15.4 Å². The number of anilines is 1. The zero-order chi connectivity index (χ0) is 14.7. The van der Waals surface area contributed by atoms with Gasteiger partial charge in [0.15, 0.2) is 0 Å². The molecule has 0 unspecified atom stereocenters. The smallest absolute Gasteiger partial charge is 0.319 e. The molecule has 106 valence electrons. The Morgan fingerprint density at radius 3 is 2.65 bits per heavy atom. The number of carbonyl (C=O) groups is 1. The van der Waals surface area contributed by atoms with E-state index in [1.807, 2.05) is 13.0 Å². The van der Waals surface area contributed by atoms with Crippen molar-refractivity contribution in [2.45, 2.75) is 13.0 Å². The van der Waals surface area contributed by atoms with Gasteiger partial charge in [-0.15, -0.1) is 11.3 Å². The molecule has 0 saturated carbocycles. The lowest BCUT2D eigenvalue weighted by Crippen LogP contribution is -2.30. The van der Waals surface area contributed by atoms with Crippen LogP contribution in [-0.2, 0) is 0 Å². The van der Waals surface area contributed by atoms with Crippen molar-refractivity contribution >= 4 is 46.3 Å². The maximum atomic E-state index is 13.0. The number of thiophene rings is 1. The third-order valence-electron chi connectivity index (χ3n) is 2.55. The van der Waals surface area contributed by atoms with Gasteiger partial charge in [0.1, 0.15) is 5.82 Å². The Bertz CT molecular complexity index is 633. The van der Waals surface area contributed by atoms with Gasteiger partial charge in [-0.2, -0.15) is 0 Å². The fraction of sp³-hybridized carbons (Fsp3) is 0.154. The van der Waals surface area contributed by atoms with Crippen molar-refractivity contribution in [3.8, 4) is 0 Å². The molecule has 2 amide bonds. The third-order valence-corrected chi connectivity index (χ3v) is 4.25. The van der Waals surface area contributed by atoms with Crippen LogP contribution in [0.1, 0.15) is 17.8 Å². The average Bonchev–Trinajstić information content (AvgIpc) is 2.80. The first-order chi connectivity index (χ1) is 9.45. The molecule has 0 aliphatic rings. The van der Waals surface area contributed by atoms with Gasteiger partial charge in [-0.05, 0) is 37.3 Å². The molecule has 2 aromatic rings. The highest BCUT2D eigenvalue weighted by molar-refractivity contribution is 7.16. The summed E-state index contributed by atoms with van der Waals surface area (Å²) in [5.41, 5.74) is 0.422. The first-order valence-electron chi connectivity index (χ1n) is 5.73. The Balaban J connectivity index is 1.96. The van der Waals surface area contributed by atoms with Crippen LogP contribution in [0.25, 0.3) is 0 Å². The predicted molar refractivity (Wildman–Crippen MR) is 81.3 cm³/mol. The monoisotopic (exact) mass is 332 g/mol. The maximum absolute atomic E-state index is 13.0. The van der Waals surface area contributed by atoms with Gasteiger partial charge in [-0.25, -0.2) is 9.18 Å². The fourth-order valence-electron chi connectivity index (χ4n) is 1.57. The van der Waals surface area contributed by atoms with Crippen LogP contribution in [0.15, 0.2) is 30.3 Å². The Kier molecular flexibility index (Phi) is 4.86. The van der Waals surface area contributed by atoms with E-state index in [1.165, 1.54) is 29.5 Å². The van der Waals surface area contributed by atoms with Crippen LogP contribution in [0.2, 0.25) is 9.36 Å². The van der Waals surface area contributed by atoms with Crippen molar-refractivity contribution in [3.05, 3.63) is 50.4 Å². The van der Waals surface area contributed by atoms with E-state index in [0.29, 0.717) is 10.0 Å². The average molecular weight is 333 g/mol. The summed E-state index contributed by atoms with van der Waals surface area (Å²) in [4.78, 5) is 12.8. The minimum Gasteiger partial charge on any atom is -0.331 e. The lowest BCUT2D eigenvalue weighted by atomic mass is 10.3. The summed E-state index contributed by atoms with van der Waals surface area (Å²) in [6, 6.07) is 7.04. The van der Waals surface area contributed by atoms with E-state index in [4.69, 9.17) is 23.2 Å². The first kappa shape index (κ1) is 15.1. The standard InChI is InChI=1S/C13H11Cl2FN2OS/c1-7(11-4-5-12(15)20-11)17-13(19)18-8-2-3-10(16)9(14)6-8/h2-7H,1H3,(H2,17,18,19)/t7-/m1/s1. The summed E-state index contributed by atoms with van der Waals surface area (Å²) >= 11 is 12.9. The largest absolute Gasteiger partial charge is 0.331 e. The van der Waals surface area contributed by atoms with Gasteiger partial charge in [0.25, 0.3) is 0 Å². The molecule has 0 radical (unpaired) electrons. The zero-order valence-electron chi connectivity index (χ0n) is 10.4. The molecule has 7 heteroatoms. The molecule has 0 fully saturated rings. The summed E-state index contributed by atoms with van der Waals surface area (Å²) < 4.78 is 13.7. The molecule has 2 rings (SSSR count). The number of nitrogens with one attached hydrogen (secondary N) is 2. The van der Waals surface area contributed by atoms with Crippen molar-refractivity contribution in [1.29, 1.82) is 0 Å². The van der Waals surface area contributed by atoms with Crippen LogP contribution in [0.4, 0.5) is 14.9 Å². The predicted octanol–water partition coefficient (Wildman–Crippen LogP) is 5.08. The summed E-state index contributed by atoms with van der Waals surface area (Å²) in [6.07, 6.45) is 0. The highest BCUT2D eigenvalue weighted by Crippen LogP contribution is 2.26. The lowest BCUT2D eigenvalue weighted by Gasteiger charge is -2.13. The number of hydrogen-bond acceptors (Lipinski definition) is 2. The summed E-state index contributed by atoms with van der Waals surface area (Å²) in [6.45, 7) is 1.85. The summed E-state index contributed by atoms with van der Waals surface area (Å²) in [5, 5.41) is 5.30. The minimum atomic E-state index is -0.528. The molecule has 1 atom stereocenters. The van der Waals surface area contributed by atoms with E-state index in [1.54, 1.807) is 6.07 Å². The third kappa shape index (κ3) is 3.85. The van der Waals surface area contributed by atoms with Gasteiger partial charge >= 0.3 is 6.03 Å². The number of halogens is 3. The van der Waals surface area contributed by atoms with Crippen LogP contribution in [0.5, 0.6) is 0 Å². The van der Waals surface area contributed by atoms with Crippen LogP contribution in [-0.4, -0.2) is 6.03 Å². The molecule has 2 N–H and O–H groups in total. The van der Waals surface area contributed by atoms with Crippen molar-refractivity contribution in [2.24, 2.45) is 0 Å². The summed E-state index contributed by atoms with van der Waals surface area (Å²) in [5.74, 6) is -0.528. The molecule has 1 aromatic carbocycles. The normalized spacial score (nSPS) is 12.0. The van der Waals surface area contributed by atoms with Gasteiger partial charge in [-0.1, -0.05) is 23.2 Å². The lowest BCUT2D eigenvalue weighted by molar-refractivity contribution is 0.249. The van der Waals surface area contributed by atoms with Gasteiger partial charge in [-0.3, -0.25) is 0 Å². The van der Waals surface area contributed by atoms with Crippen LogP contribution in [0.3, 0.4) is 0 Å². The molecule has 20 heavy (non-hydrogen) atoms. The first-order valence-corrected chi connectivity index (χ1v) is 7.31. The number of urea groups is 1. The molecule has 0 aliphatic carbocycles. The molecule has 1 aromatic heterocycles. The van der Waals surface area contributed by atoms with Crippen molar-refractivity contribution in [3.63, 3.8) is 0 Å². The number of amides is 2. The Morgan fingerprint density at radius 2 is 2.05 bits per heavy atom. The molecule has 1 heterocycles. The number of rotatable bonds is 3. The van der Waals surface area contributed by atoms with Gasteiger partial charge in [0.2, 0.25) is 0 Å². The summed E-state index contributed by atoms with van der Waals surface area (Å²) in [7, 11) is 0. The topological polar surface area (TPSA) is 41.1 Å². The zero-order valence-corrected chi connectivity index (χ0v) is 12.7. The Hall–Kier alpha value is -1.30. The number of carbonyl (C=O) groups excluding carboxylic acids is 1.